The van der Waals surface area contributed by atoms with Crippen molar-refractivity contribution in [2.75, 3.05) is 5.73 Å². The number of nitrogens with zero attached hydrogens (tertiary/aromatic N) is 1. The van der Waals surface area contributed by atoms with Crippen molar-refractivity contribution >= 4 is 29.0 Å². The highest BCUT2D eigenvalue weighted by Gasteiger charge is 2.18. The Bertz CT molecular complexity index is 754. The number of nitrogen functional groups attached to an aromatic ring is 1. The summed E-state index contributed by atoms with van der Waals surface area (Å²) in [6.45, 7) is 0. The first-order valence-electron chi connectivity index (χ1n) is 5.93. The summed E-state index contributed by atoms with van der Waals surface area (Å²) in [5.41, 5.74) is 8.39. The van der Waals surface area contributed by atoms with E-state index in [9.17, 15) is 0 Å². The summed E-state index contributed by atoms with van der Waals surface area (Å²) < 4.78 is 5.35. The second kappa shape index (κ2) is 5.19. The first kappa shape index (κ1) is 13.0. The Morgan fingerprint density at radius 1 is 0.900 bits per heavy atom. The molecule has 0 aliphatic carbocycles. The molecule has 2 N–H and O–H groups in total. The maximum Gasteiger partial charge on any atom is 0.176 e. The second-order valence-electron chi connectivity index (χ2n) is 4.27. The molecule has 0 fully saturated rings. The van der Waals surface area contributed by atoms with Gasteiger partial charge in [-0.1, -0.05) is 58.7 Å². The average Bonchev–Trinajstić information content (AvgIpc) is 2.85. The minimum Gasteiger partial charge on any atom is -0.380 e. The van der Waals surface area contributed by atoms with E-state index in [1.54, 1.807) is 12.1 Å². The van der Waals surface area contributed by atoms with E-state index in [1.165, 1.54) is 0 Å². The van der Waals surface area contributed by atoms with E-state index in [1.807, 2.05) is 36.4 Å². The van der Waals surface area contributed by atoms with Crippen LogP contribution < -0.4 is 5.73 Å². The van der Waals surface area contributed by atoms with Gasteiger partial charge in [0.05, 0.1) is 15.6 Å². The molecule has 20 heavy (non-hydrogen) atoms. The van der Waals surface area contributed by atoms with Crippen molar-refractivity contribution in [3.05, 3.63) is 58.6 Å². The lowest BCUT2D eigenvalue weighted by Gasteiger charge is -2.04. The zero-order valence-electron chi connectivity index (χ0n) is 10.3. The van der Waals surface area contributed by atoms with Crippen molar-refractivity contribution in [3.8, 4) is 22.5 Å². The first-order valence-corrected chi connectivity index (χ1v) is 6.68. The van der Waals surface area contributed by atoms with Crippen LogP contribution in [-0.2, 0) is 0 Å². The fraction of sp³-hybridized carbons (Fsp3) is 0. The number of anilines is 1. The molecule has 3 aromatic rings. The van der Waals surface area contributed by atoms with E-state index in [-0.39, 0.29) is 0 Å². The zero-order valence-corrected chi connectivity index (χ0v) is 11.8. The molecule has 0 aliphatic rings. The second-order valence-corrected chi connectivity index (χ2v) is 5.08. The van der Waals surface area contributed by atoms with Crippen molar-refractivity contribution in [1.29, 1.82) is 0 Å². The van der Waals surface area contributed by atoms with Crippen LogP contribution in [0.4, 0.5) is 5.82 Å². The van der Waals surface area contributed by atoms with Crippen molar-refractivity contribution in [3.63, 3.8) is 0 Å². The summed E-state index contributed by atoms with van der Waals surface area (Å²) >= 11 is 12.0. The van der Waals surface area contributed by atoms with Crippen LogP contribution in [0.1, 0.15) is 0 Å². The fourth-order valence-corrected chi connectivity index (χ4v) is 2.32. The van der Waals surface area contributed by atoms with Crippen molar-refractivity contribution in [2.24, 2.45) is 0 Å². The summed E-state index contributed by atoms with van der Waals surface area (Å²) in [5, 5.41) is 4.79. The normalized spacial score (nSPS) is 10.7. The molecule has 0 saturated heterocycles. The number of aromatic nitrogens is 1. The maximum atomic E-state index is 6.04. The Morgan fingerprint density at radius 3 is 2.35 bits per heavy atom. The lowest BCUT2D eigenvalue weighted by Crippen LogP contribution is -1.88. The van der Waals surface area contributed by atoms with E-state index in [0.29, 0.717) is 21.6 Å². The predicted molar refractivity (Wildman–Crippen MR) is 81.8 cm³/mol. The smallest absolute Gasteiger partial charge is 0.176 e. The molecular weight excluding hydrogens is 295 g/mol. The van der Waals surface area contributed by atoms with Gasteiger partial charge in [0.25, 0.3) is 0 Å². The molecule has 0 bridgehead atoms. The lowest BCUT2D eigenvalue weighted by atomic mass is 10.0. The van der Waals surface area contributed by atoms with E-state index < -0.39 is 0 Å². The molecule has 0 unspecified atom stereocenters. The van der Waals surface area contributed by atoms with E-state index in [4.69, 9.17) is 33.5 Å². The van der Waals surface area contributed by atoms with Crippen LogP contribution in [0, 0.1) is 0 Å². The standard InChI is InChI=1S/C15H10Cl2N2O/c16-11-7-6-10(8-12(11)17)14-13(15(18)19-20-14)9-4-2-1-3-5-9/h1-8H,(H2,18,19). The molecule has 3 nitrogen and oxygen atoms in total. The van der Waals surface area contributed by atoms with Gasteiger partial charge in [-0.2, -0.15) is 0 Å². The van der Waals surface area contributed by atoms with Crippen molar-refractivity contribution in [1.82, 2.24) is 5.16 Å². The minimum atomic E-state index is 0.345. The van der Waals surface area contributed by atoms with Crippen LogP contribution in [0.25, 0.3) is 22.5 Å². The summed E-state index contributed by atoms with van der Waals surface area (Å²) in [6.07, 6.45) is 0. The van der Waals surface area contributed by atoms with E-state index in [2.05, 4.69) is 5.16 Å². The molecule has 0 radical (unpaired) electrons. The van der Waals surface area contributed by atoms with Gasteiger partial charge in [0.15, 0.2) is 11.6 Å². The van der Waals surface area contributed by atoms with Crippen molar-refractivity contribution < 1.29 is 4.52 Å². The predicted octanol–water partition coefficient (Wildman–Crippen LogP) is 4.90. The molecule has 0 amide bonds. The van der Waals surface area contributed by atoms with Gasteiger partial charge >= 0.3 is 0 Å². The van der Waals surface area contributed by atoms with Crippen LogP contribution in [0.15, 0.2) is 53.1 Å². The summed E-state index contributed by atoms with van der Waals surface area (Å²) in [6, 6.07) is 15.0. The van der Waals surface area contributed by atoms with E-state index in [0.717, 1.165) is 16.7 Å². The first-order chi connectivity index (χ1) is 9.66. The van der Waals surface area contributed by atoms with Crippen molar-refractivity contribution in [2.45, 2.75) is 0 Å². The summed E-state index contributed by atoms with van der Waals surface area (Å²) in [5.74, 6) is 0.921. The average molecular weight is 305 g/mol. The van der Waals surface area contributed by atoms with E-state index >= 15 is 0 Å². The largest absolute Gasteiger partial charge is 0.380 e. The highest BCUT2D eigenvalue weighted by molar-refractivity contribution is 6.42. The number of nitrogens with two attached hydrogens (primary N) is 1. The Hall–Kier alpha value is -1.97. The van der Waals surface area contributed by atoms with Gasteiger partial charge in [-0.15, -0.1) is 0 Å². The lowest BCUT2D eigenvalue weighted by molar-refractivity contribution is 0.436. The van der Waals surface area contributed by atoms with Crippen LogP contribution in [0.5, 0.6) is 0 Å². The van der Waals surface area contributed by atoms with Crippen LogP contribution in [0.3, 0.4) is 0 Å². The third-order valence-electron chi connectivity index (χ3n) is 2.96. The van der Waals surface area contributed by atoms with Gasteiger partial charge in [0, 0.05) is 5.56 Å². The monoisotopic (exact) mass is 304 g/mol. The molecule has 0 aliphatic heterocycles. The van der Waals surface area contributed by atoms with Gasteiger partial charge in [-0.25, -0.2) is 0 Å². The van der Waals surface area contributed by atoms with Crippen LogP contribution in [0.2, 0.25) is 10.0 Å². The molecule has 5 heteroatoms. The number of hydrogen-bond donors (Lipinski definition) is 1. The van der Waals surface area contributed by atoms with Crippen LogP contribution >= 0.6 is 23.2 Å². The quantitative estimate of drug-likeness (QED) is 0.732. The highest BCUT2D eigenvalue weighted by Crippen LogP contribution is 2.38. The molecule has 100 valence electrons. The fourth-order valence-electron chi connectivity index (χ4n) is 2.02. The summed E-state index contributed by atoms with van der Waals surface area (Å²) in [7, 11) is 0. The summed E-state index contributed by atoms with van der Waals surface area (Å²) in [4.78, 5) is 0. The number of hydrogen-bond acceptors (Lipinski definition) is 3. The SMILES string of the molecule is Nc1noc(-c2ccc(Cl)c(Cl)c2)c1-c1ccccc1. The molecule has 1 aromatic heterocycles. The number of rotatable bonds is 2. The molecule has 2 aromatic carbocycles. The molecule has 0 spiro atoms. The number of benzene rings is 2. The third-order valence-corrected chi connectivity index (χ3v) is 3.70. The highest BCUT2D eigenvalue weighted by atomic mass is 35.5. The van der Waals surface area contributed by atoms with Crippen LogP contribution in [-0.4, -0.2) is 5.16 Å². The Balaban J connectivity index is 2.18. The van der Waals surface area contributed by atoms with Gasteiger partial charge in [0.2, 0.25) is 0 Å². The third kappa shape index (κ3) is 2.26. The molecule has 3 rings (SSSR count). The zero-order chi connectivity index (χ0) is 14.1. The van der Waals surface area contributed by atoms with Gasteiger partial charge in [-0.3, -0.25) is 0 Å². The van der Waals surface area contributed by atoms with Gasteiger partial charge in [0.1, 0.15) is 0 Å². The molecule has 0 saturated carbocycles. The van der Waals surface area contributed by atoms with Gasteiger partial charge in [-0.05, 0) is 23.8 Å². The molecule has 1 heterocycles. The topological polar surface area (TPSA) is 52.0 Å². The molecule has 0 atom stereocenters. The minimum absolute atomic E-state index is 0.345. The van der Waals surface area contributed by atoms with Gasteiger partial charge < -0.3 is 10.3 Å². The Kier molecular flexibility index (Phi) is 3.38. The maximum absolute atomic E-state index is 6.04. The number of halogens is 2. The molecular formula is C15H10Cl2N2O. The Morgan fingerprint density at radius 2 is 1.65 bits per heavy atom. The Labute approximate surface area is 125 Å².